The van der Waals surface area contributed by atoms with E-state index in [9.17, 15) is 9.18 Å². The van der Waals surface area contributed by atoms with E-state index in [1.165, 1.54) is 12.1 Å². The molecule has 0 saturated heterocycles. The lowest BCUT2D eigenvalue weighted by Gasteiger charge is -2.12. The lowest BCUT2D eigenvalue weighted by molar-refractivity contribution is 0.261. The van der Waals surface area contributed by atoms with Gasteiger partial charge in [-0.3, -0.25) is 5.32 Å². The summed E-state index contributed by atoms with van der Waals surface area (Å²) in [6.07, 6.45) is 0. The van der Waals surface area contributed by atoms with Crippen LogP contribution in [0.25, 0.3) is 0 Å². The third-order valence-corrected chi connectivity index (χ3v) is 2.86. The normalized spacial score (nSPS) is 11.3. The maximum Gasteiger partial charge on any atom is 0.325 e. The van der Waals surface area contributed by atoms with Crippen LogP contribution >= 0.6 is 0 Å². The molecule has 21 heavy (non-hydrogen) atoms. The van der Waals surface area contributed by atoms with E-state index in [1.807, 2.05) is 20.8 Å². The van der Waals surface area contributed by atoms with Gasteiger partial charge >= 0.3 is 6.03 Å². The first kappa shape index (κ1) is 15.0. The molecule has 0 aliphatic carbocycles. The second kappa shape index (κ2) is 5.55. The van der Waals surface area contributed by atoms with E-state index in [4.69, 9.17) is 4.52 Å². The SMILES string of the molecule is Cc1ccc(NC(=O)Nc2cc(C(C)(C)C)on2)c(F)c1. The summed E-state index contributed by atoms with van der Waals surface area (Å²) >= 11 is 0. The number of carbonyl (C=O) groups excluding carboxylic acids is 1. The van der Waals surface area contributed by atoms with Gasteiger partial charge < -0.3 is 9.84 Å². The highest BCUT2D eigenvalue weighted by atomic mass is 19.1. The zero-order chi connectivity index (χ0) is 15.6. The highest BCUT2D eigenvalue weighted by molar-refractivity contribution is 5.99. The van der Waals surface area contributed by atoms with Crippen LogP contribution in [0.15, 0.2) is 28.8 Å². The Balaban J connectivity index is 2.03. The smallest absolute Gasteiger partial charge is 0.325 e. The number of benzene rings is 1. The van der Waals surface area contributed by atoms with Crippen molar-refractivity contribution >= 4 is 17.5 Å². The standard InChI is InChI=1S/C15H18FN3O2/c1-9-5-6-11(10(16)7-9)17-14(20)18-13-8-12(21-19-13)15(2,3)4/h5-8H,1-4H3,(H2,17,18,19,20). The average Bonchev–Trinajstić information content (AvgIpc) is 2.81. The van der Waals surface area contributed by atoms with E-state index < -0.39 is 11.8 Å². The quantitative estimate of drug-likeness (QED) is 0.876. The first-order chi connectivity index (χ1) is 9.75. The van der Waals surface area contributed by atoms with Gasteiger partial charge in [-0.1, -0.05) is 32.0 Å². The molecule has 5 nitrogen and oxygen atoms in total. The van der Waals surface area contributed by atoms with Crippen molar-refractivity contribution in [3.63, 3.8) is 0 Å². The minimum absolute atomic E-state index is 0.109. The highest BCUT2D eigenvalue weighted by Crippen LogP contribution is 2.24. The fourth-order valence-corrected chi connectivity index (χ4v) is 1.68. The molecule has 6 heteroatoms. The van der Waals surface area contributed by atoms with Crippen molar-refractivity contribution in [3.8, 4) is 0 Å². The Hall–Kier alpha value is -2.37. The highest BCUT2D eigenvalue weighted by Gasteiger charge is 2.20. The molecular weight excluding hydrogens is 273 g/mol. The molecule has 2 rings (SSSR count). The molecule has 0 spiro atoms. The van der Waals surface area contributed by atoms with E-state index in [0.717, 1.165) is 5.56 Å². The lowest BCUT2D eigenvalue weighted by Crippen LogP contribution is -2.20. The van der Waals surface area contributed by atoms with Gasteiger partial charge in [0.1, 0.15) is 11.6 Å². The minimum Gasteiger partial charge on any atom is -0.359 e. The van der Waals surface area contributed by atoms with E-state index >= 15 is 0 Å². The molecule has 2 N–H and O–H groups in total. The van der Waals surface area contributed by atoms with Crippen molar-refractivity contribution in [1.82, 2.24) is 5.16 Å². The number of urea groups is 1. The van der Waals surface area contributed by atoms with Gasteiger partial charge in [-0.05, 0) is 24.6 Å². The predicted octanol–water partition coefficient (Wildman–Crippen LogP) is 4.06. The zero-order valence-electron chi connectivity index (χ0n) is 12.5. The van der Waals surface area contributed by atoms with Crippen molar-refractivity contribution in [1.29, 1.82) is 0 Å². The van der Waals surface area contributed by atoms with Crippen LogP contribution < -0.4 is 10.6 Å². The molecule has 0 aliphatic heterocycles. The van der Waals surface area contributed by atoms with Gasteiger partial charge in [0.25, 0.3) is 0 Å². The fraction of sp³-hybridized carbons (Fsp3) is 0.333. The van der Waals surface area contributed by atoms with Crippen molar-refractivity contribution < 1.29 is 13.7 Å². The third-order valence-electron chi connectivity index (χ3n) is 2.86. The second-order valence-corrected chi connectivity index (χ2v) is 5.89. The summed E-state index contributed by atoms with van der Waals surface area (Å²) in [7, 11) is 0. The van der Waals surface area contributed by atoms with Gasteiger partial charge in [0.15, 0.2) is 5.82 Å². The number of carbonyl (C=O) groups is 1. The molecule has 0 atom stereocenters. The number of amides is 2. The summed E-state index contributed by atoms with van der Waals surface area (Å²) in [5.74, 6) is 0.449. The van der Waals surface area contributed by atoms with Crippen LogP contribution in [0.3, 0.4) is 0 Å². The molecule has 0 fully saturated rings. The lowest BCUT2D eigenvalue weighted by atomic mass is 9.93. The molecule has 112 valence electrons. The van der Waals surface area contributed by atoms with E-state index in [0.29, 0.717) is 5.76 Å². The maximum atomic E-state index is 13.6. The Kier molecular flexibility index (Phi) is 3.97. The topological polar surface area (TPSA) is 67.2 Å². The van der Waals surface area contributed by atoms with Crippen molar-refractivity contribution in [3.05, 3.63) is 41.4 Å². The van der Waals surface area contributed by atoms with Crippen LogP contribution in [0.5, 0.6) is 0 Å². The maximum absolute atomic E-state index is 13.6. The van der Waals surface area contributed by atoms with Gasteiger partial charge in [-0.15, -0.1) is 0 Å². The monoisotopic (exact) mass is 291 g/mol. The van der Waals surface area contributed by atoms with Crippen molar-refractivity contribution in [2.24, 2.45) is 0 Å². The van der Waals surface area contributed by atoms with E-state index in [-0.39, 0.29) is 16.9 Å². The Morgan fingerprint density at radius 3 is 2.52 bits per heavy atom. The number of aromatic nitrogens is 1. The molecule has 1 aromatic carbocycles. The van der Waals surface area contributed by atoms with Crippen molar-refractivity contribution in [2.45, 2.75) is 33.1 Å². The van der Waals surface area contributed by atoms with Gasteiger partial charge in [0.05, 0.1) is 5.69 Å². The molecule has 1 heterocycles. The van der Waals surface area contributed by atoms with E-state index in [1.54, 1.807) is 19.1 Å². The van der Waals surface area contributed by atoms with Crippen molar-refractivity contribution in [2.75, 3.05) is 10.6 Å². The average molecular weight is 291 g/mol. The Morgan fingerprint density at radius 1 is 1.24 bits per heavy atom. The summed E-state index contributed by atoms with van der Waals surface area (Å²) in [5.41, 5.74) is 0.689. The van der Waals surface area contributed by atoms with Crippen LogP contribution in [-0.4, -0.2) is 11.2 Å². The molecule has 1 aromatic heterocycles. The molecule has 2 aromatic rings. The molecule has 0 saturated carbocycles. The van der Waals surface area contributed by atoms with Crippen LogP contribution in [0, 0.1) is 12.7 Å². The van der Waals surface area contributed by atoms with Gasteiger partial charge in [-0.25, -0.2) is 9.18 Å². The summed E-state index contributed by atoms with van der Waals surface area (Å²) < 4.78 is 18.8. The molecule has 0 bridgehead atoms. The summed E-state index contributed by atoms with van der Waals surface area (Å²) in [5, 5.41) is 8.69. The molecule has 0 radical (unpaired) electrons. The first-order valence-corrected chi connectivity index (χ1v) is 6.57. The van der Waals surface area contributed by atoms with Gasteiger partial charge in [0.2, 0.25) is 0 Å². The second-order valence-electron chi connectivity index (χ2n) is 5.89. The summed E-state index contributed by atoms with van der Waals surface area (Å²) in [6, 6.07) is 5.64. The molecule has 0 unspecified atom stereocenters. The Labute approximate surface area is 122 Å². The van der Waals surface area contributed by atoms with Gasteiger partial charge in [-0.2, -0.15) is 0 Å². The minimum atomic E-state index is -0.577. The summed E-state index contributed by atoms with van der Waals surface area (Å²) in [4.78, 5) is 11.8. The van der Waals surface area contributed by atoms with Crippen LogP contribution in [-0.2, 0) is 5.41 Å². The molecular formula is C15H18FN3O2. The number of rotatable bonds is 2. The predicted molar refractivity (Wildman–Crippen MR) is 79.0 cm³/mol. The zero-order valence-corrected chi connectivity index (χ0v) is 12.5. The number of nitrogens with one attached hydrogen (secondary N) is 2. The Bertz CT molecular complexity index is 659. The number of hydrogen-bond donors (Lipinski definition) is 2. The largest absolute Gasteiger partial charge is 0.359 e. The number of hydrogen-bond acceptors (Lipinski definition) is 3. The number of halogens is 1. The number of aryl methyl sites for hydroxylation is 1. The van der Waals surface area contributed by atoms with Crippen LogP contribution in [0.2, 0.25) is 0 Å². The fourth-order valence-electron chi connectivity index (χ4n) is 1.68. The van der Waals surface area contributed by atoms with Crippen LogP contribution in [0.1, 0.15) is 32.1 Å². The number of anilines is 2. The molecule has 2 amide bonds. The summed E-state index contributed by atoms with van der Waals surface area (Å²) in [6.45, 7) is 7.69. The van der Waals surface area contributed by atoms with E-state index in [2.05, 4.69) is 15.8 Å². The number of nitrogens with zero attached hydrogens (tertiary/aromatic N) is 1. The third kappa shape index (κ3) is 3.81. The van der Waals surface area contributed by atoms with Crippen LogP contribution in [0.4, 0.5) is 20.7 Å². The first-order valence-electron chi connectivity index (χ1n) is 6.57. The Morgan fingerprint density at radius 2 is 1.95 bits per heavy atom. The molecule has 0 aliphatic rings. The van der Waals surface area contributed by atoms with Gasteiger partial charge in [0, 0.05) is 11.5 Å².